The van der Waals surface area contributed by atoms with Crippen molar-refractivity contribution >= 4 is 28.7 Å². The highest BCUT2D eigenvalue weighted by atomic mass is 16.5. The molecule has 3 rings (SSSR count). The van der Waals surface area contributed by atoms with E-state index in [1.807, 2.05) is 35.0 Å². The molecular formula is C20H24N2O5. The Kier molecular flexibility index (Phi) is 5.78. The minimum atomic E-state index is -0.392. The largest absolute Gasteiger partial charge is 0.465 e. The van der Waals surface area contributed by atoms with Gasteiger partial charge < -0.3 is 18.9 Å². The minimum absolute atomic E-state index is 0.0232. The van der Waals surface area contributed by atoms with Crippen LogP contribution in [0.15, 0.2) is 30.5 Å². The zero-order valence-corrected chi connectivity index (χ0v) is 15.6. The number of hydrogen-bond acceptors (Lipinski definition) is 5. The van der Waals surface area contributed by atoms with Crippen LogP contribution in [-0.2, 0) is 30.4 Å². The van der Waals surface area contributed by atoms with Crippen LogP contribution in [0.1, 0.15) is 31.7 Å². The summed E-state index contributed by atoms with van der Waals surface area (Å²) in [6, 6.07) is 7.80. The molecule has 1 aliphatic heterocycles. The maximum Gasteiger partial charge on any atom is 0.325 e. The van der Waals surface area contributed by atoms with E-state index in [0.29, 0.717) is 26.2 Å². The summed E-state index contributed by atoms with van der Waals surface area (Å²) in [5, 5.41) is 1.01. The quantitative estimate of drug-likeness (QED) is 0.696. The molecule has 2 aromatic rings. The Hall–Kier alpha value is -2.83. The molecule has 1 saturated heterocycles. The first-order chi connectivity index (χ1) is 13.0. The number of ether oxygens (including phenoxy) is 2. The highest BCUT2D eigenvalue weighted by molar-refractivity contribution is 5.89. The number of carbonyl (C=O) groups is 3. The average molecular weight is 372 g/mol. The van der Waals surface area contributed by atoms with Gasteiger partial charge >= 0.3 is 11.9 Å². The SMILES string of the molecule is CCOC(=O)CN1CC(c2cn(CC(=O)OCC)c3ccccc23)CC1=O. The second-order valence-electron chi connectivity index (χ2n) is 6.51. The molecule has 1 aliphatic rings. The van der Waals surface area contributed by atoms with E-state index < -0.39 is 5.97 Å². The number of carbonyl (C=O) groups excluding carboxylic acids is 3. The number of rotatable bonds is 7. The molecule has 1 unspecified atom stereocenters. The lowest BCUT2D eigenvalue weighted by molar-refractivity contribution is -0.147. The van der Waals surface area contributed by atoms with E-state index in [9.17, 15) is 14.4 Å². The van der Waals surface area contributed by atoms with Crippen LogP contribution in [0, 0.1) is 0 Å². The molecule has 1 amide bonds. The van der Waals surface area contributed by atoms with Crippen molar-refractivity contribution in [1.29, 1.82) is 0 Å². The Morgan fingerprint density at radius 2 is 1.74 bits per heavy atom. The molecule has 1 aromatic carbocycles. The summed E-state index contributed by atoms with van der Waals surface area (Å²) in [5.41, 5.74) is 1.94. The van der Waals surface area contributed by atoms with Gasteiger partial charge in [-0.05, 0) is 25.5 Å². The normalized spacial score (nSPS) is 16.7. The molecule has 0 radical (unpaired) electrons. The van der Waals surface area contributed by atoms with Crippen molar-refractivity contribution in [2.45, 2.75) is 32.7 Å². The maximum atomic E-state index is 12.3. The van der Waals surface area contributed by atoms with Gasteiger partial charge in [0.1, 0.15) is 13.1 Å². The lowest BCUT2D eigenvalue weighted by Gasteiger charge is -2.15. The molecule has 0 saturated carbocycles. The van der Waals surface area contributed by atoms with Crippen LogP contribution in [0.3, 0.4) is 0 Å². The molecule has 0 spiro atoms. The van der Waals surface area contributed by atoms with Crippen LogP contribution in [0.5, 0.6) is 0 Å². The summed E-state index contributed by atoms with van der Waals surface area (Å²) in [6.07, 6.45) is 2.26. The first-order valence-corrected chi connectivity index (χ1v) is 9.20. The third-order valence-corrected chi connectivity index (χ3v) is 4.70. The zero-order valence-electron chi connectivity index (χ0n) is 15.6. The molecule has 0 bridgehead atoms. The molecule has 1 atom stereocenters. The molecule has 27 heavy (non-hydrogen) atoms. The van der Waals surface area contributed by atoms with Gasteiger partial charge in [-0.2, -0.15) is 0 Å². The van der Waals surface area contributed by atoms with Crippen molar-refractivity contribution in [3.8, 4) is 0 Å². The van der Waals surface area contributed by atoms with Crippen molar-refractivity contribution in [3.05, 3.63) is 36.0 Å². The molecule has 1 fully saturated rings. The van der Waals surface area contributed by atoms with Crippen LogP contribution < -0.4 is 0 Å². The Labute approximate surface area is 157 Å². The molecule has 2 heterocycles. The standard InChI is InChI=1S/C20H24N2O5/c1-3-26-19(24)12-21-11-16(15-7-5-6-8-17(15)21)14-9-18(23)22(10-14)13-20(25)27-4-2/h5-8,11,14H,3-4,9-10,12-13H2,1-2H3. The third-order valence-electron chi connectivity index (χ3n) is 4.70. The van der Waals surface area contributed by atoms with Gasteiger partial charge in [0.25, 0.3) is 0 Å². The molecule has 7 heteroatoms. The predicted molar refractivity (Wildman–Crippen MR) is 99.1 cm³/mol. The average Bonchev–Trinajstić information content (AvgIpc) is 3.17. The van der Waals surface area contributed by atoms with Crippen molar-refractivity contribution in [2.24, 2.45) is 0 Å². The number of nitrogens with zero attached hydrogens (tertiary/aromatic N) is 2. The topological polar surface area (TPSA) is 77.8 Å². The van der Waals surface area contributed by atoms with E-state index in [0.717, 1.165) is 16.5 Å². The van der Waals surface area contributed by atoms with Crippen LogP contribution in [0.4, 0.5) is 0 Å². The molecule has 7 nitrogen and oxygen atoms in total. The maximum absolute atomic E-state index is 12.3. The van der Waals surface area contributed by atoms with Gasteiger partial charge in [-0.25, -0.2) is 0 Å². The van der Waals surface area contributed by atoms with Gasteiger partial charge in [0.15, 0.2) is 0 Å². The molecule has 0 N–H and O–H groups in total. The van der Waals surface area contributed by atoms with Crippen LogP contribution >= 0.6 is 0 Å². The summed E-state index contributed by atoms with van der Waals surface area (Å²) in [6.45, 7) is 4.72. The number of esters is 2. The Balaban J connectivity index is 1.83. The van der Waals surface area contributed by atoms with E-state index in [4.69, 9.17) is 9.47 Å². The summed E-state index contributed by atoms with van der Waals surface area (Å²) in [5.74, 6) is -0.775. The first kappa shape index (κ1) is 18.9. The Bertz CT molecular complexity index is 857. The molecule has 0 aliphatic carbocycles. The van der Waals surface area contributed by atoms with Crippen LogP contribution in [0.25, 0.3) is 10.9 Å². The van der Waals surface area contributed by atoms with E-state index in [1.54, 1.807) is 18.7 Å². The number of likely N-dealkylation sites (tertiary alicyclic amines) is 1. The van der Waals surface area contributed by atoms with Crippen LogP contribution in [-0.4, -0.2) is 53.6 Å². The molecule has 144 valence electrons. The minimum Gasteiger partial charge on any atom is -0.465 e. The number of benzene rings is 1. The number of amides is 1. The highest BCUT2D eigenvalue weighted by Crippen LogP contribution is 2.34. The second-order valence-corrected chi connectivity index (χ2v) is 6.51. The van der Waals surface area contributed by atoms with Gasteiger partial charge in [0, 0.05) is 36.0 Å². The summed E-state index contributed by atoms with van der Waals surface area (Å²) >= 11 is 0. The van der Waals surface area contributed by atoms with Crippen molar-refractivity contribution in [3.63, 3.8) is 0 Å². The number of fused-ring (bicyclic) bond motifs is 1. The predicted octanol–water partition coefficient (Wildman–Crippen LogP) is 2.08. The molecule has 1 aromatic heterocycles. The van der Waals surface area contributed by atoms with E-state index in [1.165, 1.54) is 0 Å². The molecular weight excluding hydrogens is 348 g/mol. The van der Waals surface area contributed by atoms with Gasteiger partial charge in [-0.3, -0.25) is 14.4 Å². The number of hydrogen-bond donors (Lipinski definition) is 0. The van der Waals surface area contributed by atoms with E-state index in [-0.39, 0.29) is 30.9 Å². The van der Waals surface area contributed by atoms with Crippen LogP contribution in [0.2, 0.25) is 0 Å². The zero-order chi connectivity index (χ0) is 19.4. The summed E-state index contributed by atoms with van der Waals surface area (Å²) < 4.78 is 11.9. The van der Waals surface area contributed by atoms with E-state index in [2.05, 4.69) is 0 Å². The fourth-order valence-electron chi connectivity index (χ4n) is 3.57. The lowest BCUT2D eigenvalue weighted by Crippen LogP contribution is -2.32. The monoisotopic (exact) mass is 372 g/mol. The van der Waals surface area contributed by atoms with E-state index >= 15 is 0 Å². The second kappa shape index (κ2) is 8.24. The lowest BCUT2D eigenvalue weighted by atomic mass is 9.98. The van der Waals surface area contributed by atoms with Gasteiger partial charge in [0.05, 0.1) is 13.2 Å². The number of aromatic nitrogens is 1. The van der Waals surface area contributed by atoms with Gasteiger partial charge in [-0.15, -0.1) is 0 Å². The third kappa shape index (κ3) is 4.13. The van der Waals surface area contributed by atoms with Crippen molar-refractivity contribution in [1.82, 2.24) is 9.47 Å². The summed E-state index contributed by atoms with van der Waals surface area (Å²) in [7, 11) is 0. The Morgan fingerprint density at radius 3 is 2.44 bits per heavy atom. The van der Waals surface area contributed by atoms with Gasteiger partial charge in [0.2, 0.25) is 5.91 Å². The fraction of sp³-hybridized carbons (Fsp3) is 0.450. The number of para-hydroxylation sites is 1. The van der Waals surface area contributed by atoms with Crippen molar-refractivity contribution in [2.75, 3.05) is 26.3 Å². The highest BCUT2D eigenvalue weighted by Gasteiger charge is 2.33. The first-order valence-electron chi connectivity index (χ1n) is 9.20. The van der Waals surface area contributed by atoms with Crippen molar-refractivity contribution < 1.29 is 23.9 Å². The van der Waals surface area contributed by atoms with Gasteiger partial charge in [-0.1, -0.05) is 18.2 Å². The smallest absolute Gasteiger partial charge is 0.325 e. The Morgan fingerprint density at radius 1 is 1.07 bits per heavy atom. The summed E-state index contributed by atoms with van der Waals surface area (Å²) in [4.78, 5) is 37.5. The fourth-order valence-corrected chi connectivity index (χ4v) is 3.57.